The topological polar surface area (TPSA) is 68.9 Å². The van der Waals surface area contributed by atoms with Crippen molar-refractivity contribution in [3.05, 3.63) is 23.4 Å². The summed E-state index contributed by atoms with van der Waals surface area (Å²) >= 11 is 0. The van der Waals surface area contributed by atoms with Crippen molar-refractivity contribution in [1.29, 1.82) is 5.26 Å². The average Bonchev–Trinajstić information content (AvgIpc) is 2.63. The van der Waals surface area contributed by atoms with Gasteiger partial charge in [-0.2, -0.15) is 18.4 Å². The van der Waals surface area contributed by atoms with Gasteiger partial charge in [-0.05, 0) is 25.0 Å². The van der Waals surface area contributed by atoms with Crippen molar-refractivity contribution in [1.82, 2.24) is 4.98 Å². The first-order valence-electron chi connectivity index (χ1n) is 6.85. The van der Waals surface area contributed by atoms with Gasteiger partial charge >= 0.3 is 6.18 Å². The van der Waals surface area contributed by atoms with Gasteiger partial charge in [-0.25, -0.2) is 4.98 Å². The van der Waals surface area contributed by atoms with E-state index in [4.69, 9.17) is 5.26 Å². The summed E-state index contributed by atoms with van der Waals surface area (Å²) in [5.41, 5.74) is -1.01. The number of aliphatic hydroxyl groups excluding tert-OH is 1. The first-order valence-corrected chi connectivity index (χ1v) is 6.85. The van der Waals surface area contributed by atoms with Gasteiger partial charge in [0, 0.05) is 0 Å². The van der Waals surface area contributed by atoms with E-state index in [0.29, 0.717) is 12.8 Å². The van der Waals surface area contributed by atoms with Gasteiger partial charge in [0.15, 0.2) is 0 Å². The van der Waals surface area contributed by atoms with Crippen molar-refractivity contribution >= 4 is 5.82 Å². The Labute approximate surface area is 120 Å². The number of rotatable bonds is 2. The molecule has 4 nitrogen and oxygen atoms in total. The molecule has 0 aliphatic heterocycles. The van der Waals surface area contributed by atoms with E-state index in [9.17, 15) is 18.3 Å². The van der Waals surface area contributed by atoms with E-state index in [2.05, 4.69) is 10.3 Å². The Bertz CT molecular complexity index is 539. The van der Waals surface area contributed by atoms with Crippen molar-refractivity contribution in [2.75, 3.05) is 5.32 Å². The minimum absolute atomic E-state index is 0.0412. The molecule has 0 spiro atoms. The number of nitrogens with one attached hydrogen (secondary N) is 1. The van der Waals surface area contributed by atoms with Crippen LogP contribution in [0.2, 0.25) is 0 Å². The summed E-state index contributed by atoms with van der Waals surface area (Å²) in [5, 5.41) is 21.8. The molecule has 1 heterocycles. The molecule has 21 heavy (non-hydrogen) atoms. The quantitative estimate of drug-likeness (QED) is 0.823. The molecule has 0 saturated heterocycles. The van der Waals surface area contributed by atoms with Crippen molar-refractivity contribution in [2.24, 2.45) is 0 Å². The fraction of sp³-hybridized carbons (Fsp3) is 0.571. The third-order valence-corrected chi connectivity index (χ3v) is 3.61. The lowest BCUT2D eigenvalue weighted by Gasteiger charge is -2.23. The molecule has 0 radical (unpaired) electrons. The number of nitrogens with zero attached hydrogens (tertiary/aromatic N) is 2. The summed E-state index contributed by atoms with van der Waals surface area (Å²) in [7, 11) is 0. The highest BCUT2D eigenvalue weighted by atomic mass is 19.4. The fourth-order valence-corrected chi connectivity index (χ4v) is 2.45. The first kappa shape index (κ1) is 15.6. The van der Waals surface area contributed by atoms with E-state index in [1.807, 2.05) is 6.07 Å². The van der Waals surface area contributed by atoms with E-state index in [1.165, 1.54) is 0 Å². The Kier molecular flexibility index (Phi) is 4.68. The zero-order valence-electron chi connectivity index (χ0n) is 11.3. The summed E-state index contributed by atoms with van der Waals surface area (Å²) in [4.78, 5) is 3.50. The third-order valence-electron chi connectivity index (χ3n) is 3.61. The number of pyridine rings is 1. The van der Waals surface area contributed by atoms with Crippen LogP contribution < -0.4 is 5.32 Å². The number of halogens is 3. The van der Waals surface area contributed by atoms with Crippen LogP contribution in [0.15, 0.2) is 12.1 Å². The van der Waals surface area contributed by atoms with Gasteiger partial charge in [-0.15, -0.1) is 0 Å². The standard InChI is InChI=1S/C14H16F3N3O/c15-14(16,17)12-7-6-9(8-18)13(20-12)19-10-4-2-1-3-5-11(10)21/h6-7,10-11,21H,1-5H2,(H,19,20). The van der Waals surface area contributed by atoms with Crippen LogP contribution in [0, 0.1) is 11.3 Å². The van der Waals surface area contributed by atoms with E-state index in [1.54, 1.807) is 0 Å². The molecule has 1 aromatic heterocycles. The second-order valence-corrected chi connectivity index (χ2v) is 5.16. The predicted octanol–water partition coefficient (Wildman–Crippen LogP) is 3.08. The molecule has 114 valence electrons. The van der Waals surface area contributed by atoms with E-state index in [-0.39, 0.29) is 17.4 Å². The first-order chi connectivity index (χ1) is 9.91. The Balaban J connectivity index is 2.27. The maximum atomic E-state index is 12.7. The van der Waals surface area contributed by atoms with Crippen molar-refractivity contribution in [2.45, 2.75) is 50.4 Å². The number of alkyl halides is 3. The molecular weight excluding hydrogens is 283 g/mol. The third kappa shape index (κ3) is 3.85. The Morgan fingerprint density at radius 1 is 1.24 bits per heavy atom. The van der Waals surface area contributed by atoms with Crippen molar-refractivity contribution < 1.29 is 18.3 Å². The fourth-order valence-electron chi connectivity index (χ4n) is 2.45. The van der Waals surface area contributed by atoms with Gasteiger partial charge < -0.3 is 10.4 Å². The summed E-state index contributed by atoms with van der Waals surface area (Å²) in [5.74, 6) is -0.113. The van der Waals surface area contributed by atoms with Crippen LogP contribution >= 0.6 is 0 Å². The van der Waals surface area contributed by atoms with Crippen LogP contribution in [0.3, 0.4) is 0 Å². The highest BCUT2D eigenvalue weighted by Gasteiger charge is 2.33. The molecule has 2 rings (SSSR count). The number of hydrogen-bond donors (Lipinski definition) is 2. The van der Waals surface area contributed by atoms with Crippen LogP contribution in [0.1, 0.15) is 43.4 Å². The lowest BCUT2D eigenvalue weighted by Crippen LogP contribution is -2.33. The molecule has 2 N–H and O–H groups in total. The maximum absolute atomic E-state index is 12.7. The molecule has 1 fully saturated rings. The molecule has 1 aliphatic carbocycles. The van der Waals surface area contributed by atoms with Gasteiger partial charge in [0.25, 0.3) is 0 Å². The SMILES string of the molecule is N#Cc1ccc(C(F)(F)F)nc1NC1CCCCCC1O. The Morgan fingerprint density at radius 3 is 2.62 bits per heavy atom. The summed E-state index contributed by atoms with van der Waals surface area (Å²) in [6.07, 6.45) is -1.21. The maximum Gasteiger partial charge on any atom is 0.433 e. The van der Waals surface area contributed by atoms with E-state index >= 15 is 0 Å². The molecule has 7 heteroatoms. The molecule has 0 amide bonds. The van der Waals surface area contributed by atoms with Crippen molar-refractivity contribution in [3.63, 3.8) is 0 Å². The van der Waals surface area contributed by atoms with Gasteiger partial charge in [-0.3, -0.25) is 0 Å². The molecular formula is C14H16F3N3O. The molecule has 2 atom stereocenters. The molecule has 0 bridgehead atoms. The number of hydrogen-bond acceptors (Lipinski definition) is 4. The minimum Gasteiger partial charge on any atom is -0.391 e. The summed E-state index contributed by atoms with van der Waals surface area (Å²) < 4.78 is 38.1. The minimum atomic E-state index is -4.56. The second kappa shape index (κ2) is 6.31. The van der Waals surface area contributed by atoms with Crippen molar-refractivity contribution in [3.8, 4) is 6.07 Å². The van der Waals surface area contributed by atoms with Gasteiger partial charge in [-0.1, -0.05) is 19.3 Å². The zero-order valence-corrected chi connectivity index (χ0v) is 11.3. The van der Waals surface area contributed by atoms with Crippen LogP contribution in [0.5, 0.6) is 0 Å². The largest absolute Gasteiger partial charge is 0.433 e. The summed E-state index contributed by atoms with van der Waals surface area (Å²) in [6, 6.07) is 3.32. The average molecular weight is 299 g/mol. The highest BCUT2D eigenvalue weighted by Crippen LogP contribution is 2.30. The normalized spacial score (nSPS) is 23.2. The number of aliphatic hydroxyl groups is 1. The second-order valence-electron chi connectivity index (χ2n) is 5.16. The van der Waals surface area contributed by atoms with Gasteiger partial charge in [0.05, 0.1) is 17.7 Å². The lowest BCUT2D eigenvalue weighted by atomic mass is 10.1. The van der Waals surface area contributed by atoms with Crippen LogP contribution in [0.25, 0.3) is 0 Å². The van der Waals surface area contributed by atoms with Crippen LogP contribution in [-0.2, 0) is 6.18 Å². The molecule has 1 aromatic rings. The molecule has 1 aliphatic rings. The Morgan fingerprint density at radius 2 is 1.95 bits per heavy atom. The zero-order chi connectivity index (χ0) is 15.5. The Hall–Kier alpha value is -1.81. The van der Waals surface area contributed by atoms with Gasteiger partial charge in [0.2, 0.25) is 0 Å². The molecule has 1 saturated carbocycles. The van der Waals surface area contributed by atoms with E-state index < -0.39 is 18.0 Å². The molecule has 2 unspecified atom stereocenters. The number of aromatic nitrogens is 1. The predicted molar refractivity (Wildman–Crippen MR) is 70.5 cm³/mol. The van der Waals surface area contributed by atoms with E-state index in [0.717, 1.165) is 31.4 Å². The monoisotopic (exact) mass is 299 g/mol. The molecule has 0 aromatic carbocycles. The number of nitriles is 1. The van der Waals surface area contributed by atoms with Crippen LogP contribution in [0.4, 0.5) is 19.0 Å². The highest BCUT2D eigenvalue weighted by molar-refractivity contribution is 5.53. The lowest BCUT2D eigenvalue weighted by molar-refractivity contribution is -0.141. The van der Waals surface area contributed by atoms with Crippen LogP contribution in [-0.4, -0.2) is 22.2 Å². The number of anilines is 1. The van der Waals surface area contributed by atoms with Gasteiger partial charge in [0.1, 0.15) is 17.6 Å². The summed E-state index contributed by atoms with van der Waals surface area (Å²) in [6.45, 7) is 0. The smallest absolute Gasteiger partial charge is 0.391 e.